The highest BCUT2D eigenvalue weighted by atomic mass is 35.5. The van der Waals surface area contributed by atoms with Crippen molar-refractivity contribution in [3.05, 3.63) is 77.5 Å². The molecule has 1 aliphatic rings. The number of benzene rings is 2. The summed E-state index contributed by atoms with van der Waals surface area (Å²) in [6.45, 7) is 1.94. The summed E-state index contributed by atoms with van der Waals surface area (Å²) in [4.78, 5) is 47.1. The Morgan fingerprint density at radius 3 is 2.74 bits per heavy atom. The van der Waals surface area contributed by atoms with E-state index in [-0.39, 0.29) is 12.5 Å². The number of fused-ring (bicyclic) bond motifs is 4. The highest BCUT2D eigenvalue weighted by molar-refractivity contribution is 6.30. The lowest BCUT2D eigenvalue weighted by Gasteiger charge is -2.23. The number of hydrogen-bond donors (Lipinski definition) is 3. The van der Waals surface area contributed by atoms with Gasteiger partial charge in [-0.25, -0.2) is 19.6 Å². The lowest BCUT2D eigenvalue weighted by Crippen LogP contribution is -2.31. The van der Waals surface area contributed by atoms with Gasteiger partial charge in [-0.3, -0.25) is 10.1 Å². The standard InChI is InChI=1S/C31H32ClN9O5/c1-3-46-31(44)36-21-10-11-22-25-16-27(34-17-33-25)23(6-4-5-7-24(30(43)45-2)37-26(22)15-21)38-29(42)13-8-19-14-20(32)9-12-28(19)41-18-35-39-40-41/h8-18,23-24,37H,3-7H2,1-2H3,(H,36,44)(H,38,42)/b13-8+/t23-,24?/m0/s1. The average molecular weight is 646 g/mol. The van der Waals surface area contributed by atoms with Gasteiger partial charge in [0.25, 0.3) is 0 Å². The summed E-state index contributed by atoms with van der Waals surface area (Å²) in [6.07, 6.45) is 7.71. The molecular weight excluding hydrogens is 614 g/mol. The van der Waals surface area contributed by atoms with Crippen molar-refractivity contribution in [3.63, 3.8) is 0 Å². The zero-order chi connectivity index (χ0) is 32.5. The number of nitrogens with one attached hydrogen (secondary N) is 3. The Hall–Kier alpha value is -5.37. The minimum Gasteiger partial charge on any atom is -0.467 e. The molecule has 2 atom stereocenters. The number of anilines is 2. The molecule has 1 aliphatic heterocycles. The van der Waals surface area contributed by atoms with Crippen molar-refractivity contribution in [2.45, 2.75) is 44.7 Å². The molecule has 46 heavy (non-hydrogen) atoms. The van der Waals surface area contributed by atoms with Crippen LogP contribution in [0, 0.1) is 0 Å². The van der Waals surface area contributed by atoms with E-state index in [2.05, 4.69) is 41.4 Å². The van der Waals surface area contributed by atoms with Gasteiger partial charge >= 0.3 is 12.1 Å². The van der Waals surface area contributed by atoms with E-state index in [0.29, 0.717) is 70.3 Å². The number of halogens is 1. The highest BCUT2D eigenvalue weighted by Gasteiger charge is 2.24. The van der Waals surface area contributed by atoms with Gasteiger partial charge in [0.05, 0.1) is 36.8 Å². The molecule has 2 aromatic carbocycles. The minimum absolute atomic E-state index is 0.221. The fourth-order valence-corrected chi connectivity index (χ4v) is 5.23. The van der Waals surface area contributed by atoms with E-state index in [1.54, 1.807) is 55.5 Å². The van der Waals surface area contributed by atoms with E-state index < -0.39 is 24.1 Å². The van der Waals surface area contributed by atoms with Crippen molar-refractivity contribution < 1.29 is 23.9 Å². The molecule has 2 amide bonds. The Balaban J connectivity index is 1.44. The van der Waals surface area contributed by atoms with E-state index >= 15 is 0 Å². The van der Waals surface area contributed by atoms with Crippen LogP contribution in [0.5, 0.6) is 0 Å². The van der Waals surface area contributed by atoms with Crippen molar-refractivity contribution in [1.82, 2.24) is 35.5 Å². The molecule has 0 spiro atoms. The quantitative estimate of drug-likeness (QED) is 0.187. The molecule has 0 fully saturated rings. The molecule has 0 aliphatic carbocycles. The number of rotatable bonds is 7. The number of methoxy groups -OCH3 is 1. The summed E-state index contributed by atoms with van der Waals surface area (Å²) in [6, 6.07) is 11.1. The van der Waals surface area contributed by atoms with Gasteiger partial charge in [0.1, 0.15) is 18.7 Å². The van der Waals surface area contributed by atoms with Crippen molar-refractivity contribution in [2.24, 2.45) is 0 Å². The van der Waals surface area contributed by atoms with E-state index in [1.165, 1.54) is 30.5 Å². The molecule has 14 nitrogen and oxygen atoms in total. The van der Waals surface area contributed by atoms with Gasteiger partial charge in [-0.05, 0) is 78.7 Å². The van der Waals surface area contributed by atoms with Crippen molar-refractivity contribution >= 4 is 47.0 Å². The van der Waals surface area contributed by atoms with Crippen LogP contribution in [-0.2, 0) is 19.1 Å². The number of hydrogen-bond acceptors (Lipinski definition) is 11. The second-order valence-corrected chi connectivity index (χ2v) is 10.7. The molecular formula is C31H32ClN9O5. The third-order valence-corrected chi connectivity index (χ3v) is 7.46. The molecule has 1 unspecified atom stereocenters. The average Bonchev–Trinajstić information content (AvgIpc) is 3.59. The molecule has 0 radical (unpaired) electrons. The minimum atomic E-state index is -0.662. The van der Waals surface area contributed by atoms with Crippen molar-refractivity contribution in [3.8, 4) is 16.9 Å². The first-order chi connectivity index (χ1) is 22.3. The van der Waals surface area contributed by atoms with Crippen LogP contribution in [0.1, 0.15) is 49.9 Å². The maximum atomic E-state index is 13.3. The van der Waals surface area contributed by atoms with Crippen LogP contribution in [0.2, 0.25) is 5.02 Å². The third kappa shape index (κ3) is 8.01. The Morgan fingerprint density at radius 1 is 1.11 bits per heavy atom. The Bertz CT molecular complexity index is 1730. The van der Waals surface area contributed by atoms with E-state index in [9.17, 15) is 14.4 Å². The Kier molecular flexibility index (Phi) is 10.5. The van der Waals surface area contributed by atoms with E-state index in [0.717, 1.165) is 0 Å². The first-order valence-electron chi connectivity index (χ1n) is 14.6. The molecule has 2 bridgehead atoms. The van der Waals surface area contributed by atoms with Gasteiger partial charge < -0.3 is 20.1 Å². The zero-order valence-electron chi connectivity index (χ0n) is 25.1. The van der Waals surface area contributed by atoms with Crippen molar-refractivity contribution in [1.29, 1.82) is 0 Å². The lowest BCUT2D eigenvalue weighted by molar-refractivity contribution is -0.141. The number of amides is 2. The summed E-state index contributed by atoms with van der Waals surface area (Å²) in [5.74, 6) is -0.767. The van der Waals surface area contributed by atoms with Gasteiger partial charge in [-0.15, -0.1) is 5.10 Å². The molecule has 0 saturated carbocycles. The highest BCUT2D eigenvalue weighted by Crippen LogP contribution is 2.33. The Labute approximate surface area is 269 Å². The van der Waals surface area contributed by atoms with Gasteiger partial charge in [0.2, 0.25) is 5.91 Å². The predicted molar refractivity (Wildman–Crippen MR) is 170 cm³/mol. The first kappa shape index (κ1) is 32.0. The second-order valence-electron chi connectivity index (χ2n) is 10.3. The molecule has 3 N–H and O–H groups in total. The normalized spacial score (nSPS) is 16.2. The monoisotopic (exact) mass is 645 g/mol. The fourth-order valence-electron chi connectivity index (χ4n) is 5.05. The van der Waals surface area contributed by atoms with Crippen LogP contribution in [0.3, 0.4) is 0 Å². The molecule has 238 valence electrons. The number of esters is 1. The molecule has 4 aromatic rings. The van der Waals surface area contributed by atoms with Crippen LogP contribution in [0.15, 0.2) is 61.2 Å². The van der Waals surface area contributed by atoms with Crippen LogP contribution in [-0.4, -0.2) is 67.9 Å². The molecule has 2 aromatic heterocycles. The van der Waals surface area contributed by atoms with Gasteiger partial charge in [0, 0.05) is 33.6 Å². The number of carbonyl (C=O) groups excluding carboxylic acids is 3. The third-order valence-electron chi connectivity index (χ3n) is 7.23. The summed E-state index contributed by atoms with van der Waals surface area (Å²) >= 11 is 6.23. The number of ether oxygens (including phenoxy) is 2. The van der Waals surface area contributed by atoms with Crippen LogP contribution >= 0.6 is 11.6 Å². The smallest absolute Gasteiger partial charge is 0.411 e. The van der Waals surface area contributed by atoms with Crippen molar-refractivity contribution in [2.75, 3.05) is 24.4 Å². The molecule has 0 saturated heterocycles. The topological polar surface area (TPSA) is 175 Å². The van der Waals surface area contributed by atoms with Gasteiger partial charge in [-0.2, -0.15) is 4.68 Å². The molecule has 15 heteroatoms. The summed E-state index contributed by atoms with van der Waals surface area (Å²) in [5, 5.41) is 20.8. The lowest BCUT2D eigenvalue weighted by atomic mass is 9.98. The number of aromatic nitrogens is 6. The largest absolute Gasteiger partial charge is 0.467 e. The SMILES string of the molecule is CCOC(=O)Nc1ccc2c(c1)NC(C(=O)OC)CCCC[C@H](NC(=O)/C=C/c1cc(Cl)ccc1-n1cnnn1)c1cc-2ncn1. The van der Waals surface area contributed by atoms with Crippen LogP contribution < -0.4 is 16.0 Å². The van der Waals surface area contributed by atoms with E-state index in [1.807, 2.05) is 0 Å². The van der Waals surface area contributed by atoms with Crippen LogP contribution in [0.4, 0.5) is 16.2 Å². The maximum Gasteiger partial charge on any atom is 0.411 e. The summed E-state index contributed by atoms with van der Waals surface area (Å²) in [7, 11) is 1.34. The first-order valence-corrected chi connectivity index (χ1v) is 15.0. The number of nitrogens with zero attached hydrogens (tertiary/aromatic N) is 6. The summed E-state index contributed by atoms with van der Waals surface area (Å²) < 4.78 is 11.6. The van der Waals surface area contributed by atoms with Gasteiger partial charge in [-0.1, -0.05) is 24.4 Å². The predicted octanol–water partition coefficient (Wildman–Crippen LogP) is 4.74. The van der Waals surface area contributed by atoms with Crippen LogP contribution in [0.25, 0.3) is 23.0 Å². The molecule has 5 rings (SSSR count). The Morgan fingerprint density at radius 2 is 1.96 bits per heavy atom. The number of tetrazole rings is 1. The zero-order valence-corrected chi connectivity index (χ0v) is 25.9. The molecule has 3 heterocycles. The van der Waals surface area contributed by atoms with Gasteiger partial charge in [0.15, 0.2) is 0 Å². The maximum absolute atomic E-state index is 13.3. The summed E-state index contributed by atoms with van der Waals surface area (Å²) in [5.41, 5.74) is 4.15. The van der Waals surface area contributed by atoms with E-state index in [4.69, 9.17) is 21.1 Å². The number of carbonyl (C=O) groups is 3. The fraction of sp³-hybridized carbons (Fsp3) is 0.290. The second kappa shape index (κ2) is 15.1.